The minimum Gasteiger partial charge on any atom is -0.484 e. The van der Waals surface area contributed by atoms with Crippen molar-refractivity contribution in [3.8, 4) is 5.75 Å². The molecule has 0 aliphatic rings. The number of hydrogen-bond donors (Lipinski definition) is 1. The molecular weight excluding hydrogens is 364 g/mol. The van der Waals surface area contributed by atoms with E-state index in [1.807, 2.05) is 32.9 Å². The molecule has 2 aromatic rings. The van der Waals surface area contributed by atoms with Crippen molar-refractivity contribution >= 4 is 21.6 Å². The van der Waals surface area contributed by atoms with E-state index >= 15 is 0 Å². The highest BCUT2D eigenvalue weighted by molar-refractivity contribution is 7.92. The van der Waals surface area contributed by atoms with Crippen molar-refractivity contribution in [3.63, 3.8) is 0 Å². The van der Waals surface area contributed by atoms with Crippen molar-refractivity contribution in [2.24, 2.45) is 0 Å². The van der Waals surface area contributed by atoms with Crippen LogP contribution in [0.5, 0.6) is 5.75 Å². The summed E-state index contributed by atoms with van der Waals surface area (Å²) in [6.45, 7) is 5.88. The van der Waals surface area contributed by atoms with Gasteiger partial charge in [0.25, 0.3) is 5.91 Å². The molecule has 27 heavy (non-hydrogen) atoms. The third kappa shape index (κ3) is 5.72. The molecule has 1 N–H and O–H groups in total. The maximum absolute atomic E-state index is 12.2. The molecule has 0 aromatic heterocycles. The van der Waals surface area contributed by atoms with Gasteiger partial charge >= 0.3 is 0 Å². The molecule has 0 bridgehead atoms. The number of sulfonamides is 1. The van der Waals surface area contributed by atoms with Gasteiger partial charge < -0.3 is 10.1 Å². The van der Waals surface area contributed by atoms with Gasteiger partial charge in [-0.25, -0.2) is 8.42 Å². The highest BCUT2D eigenvalue weighted by atomic mass is 32.2. The zero-order valence-electron chi connectivity index (χ0n) is 16.3. The first-order chi connectivity index (χ1) is 12.6. The summed E-state index contributed by atoms with van der Waals surface area (Å²) in [6.07, 6.45) is 1.14. The Kier molecular flexibility index (Phi) is 6.49. The van der Waals surface area contributed by atoms with Crippen molar-refractivity contribution in [2.45, 2.75) is 26.8 Å². The lowest BCUT2D eigenvalue weighted by Crippen LogP contribution is -2.31. The summed E-state index contributed by atoms with van der Waals surface area (Å²) in [7, 11) is -1.83. The number of carbonyl (C=O) groups is 1. The summed E-state index contributed by atoms with van der Waals surface area (Å²) in [5.74, 6) is 0.273. The van der Waals surface area contributed by atoms with Crippen LogP contribution in [0, 0.1) is 13.8 Å². The topological polar surface area (TPSA) is 75.7 Å². The van der Waals surface area contributed by atoms with Crippen LogP contribution in [0.2, 0.25) is 0 Å². The Morgan fingerprint density at radius 2 is 1.78 bits per heavy atom. The lowest BCUT2D eigenvalue weighted by molar-refractivity contribution is -0.123. The lowest BCUT2D eigenvalue weighted by atomic mass is 10.0. The number of amides is 1. The number of rotatable bonds is 7. The maximum Gasteiger partial charge on any atom is 0.258 e. The summed E-state index contributed by atoms with van der Waals surface area (Å²) >= 11 is 0. The van der Waals surface area contributed by atoms with E-state index in [0.717, 1.165) is 17.4 Å². The first-order valence-electron chi connectivity index (χ1n) is 8.61. The average Bonchev–Trinajstić information content (AvgIpc) is 2.58. The molecule has 0 aliphatic heterocycles. The zero-order chi connectivity index (χ0) is 20.2. The van der Waals surface area contributed by atoms with Gasteiger partial charge in [0.05, 0.1) is 18.0 Å². The molecule has 2 aromatic carbocycles. The Morgan fingerprint density at radius 3 is 2.33 bits per heavy atom. The summed E-state index contributed by atoms with van der Waals surface area (Å²) in [5.41, 5.74) is 3.91. The molecule has 1 unspecified atom stereocenters. The second kappa shape index (κ2) is 8.43. The van der Waals surface area contributed by atoms with Crippen LogP contribution in [-0.2, 0) is 14.8 Å². The number of benzene rings is 2. The number of carbonyl (C=O) groups excluding carboxylic acids is 1. The molecule has 0 heterocycles. The first-order valence-corrected chi connectivity index (χ1v) is 10.5. The predicted octanol–water partition coefficient (Wildman–Crippen LogP) is 2.96. The van der Waals surface area contributed by atoms with Crippen molar-refractivity contribution < 1.29 is 17.9 Å². The number of hydrogen-bond acceptors (Lipinski definition) is 4. The largest absolute Gasteiger partial charge is 0.484 e. The van der Waals surface area contributed by atoms with Gasteiger partial charge in [0.1, 0.15) is 5.75 Å². The molecule has 1 amide bonds. The normalized spacial score (nSPS) is 12.3. The second-order valence-corrected chi connectivity index (χ2v) is 8.68. The quantitative estimate of drug-likeness (QED) is 0.789. The van der Waals surface area contributed by atoms with Gasteiger partial charge in [0.15, 0.2) is 6.61 Å². The number of nitrogens with one attached hydrogen (secondary N) is 1. The monoisotopic (exact) mass is 390 g/mol. The van der Waals surface area contributed by atoms with Crippen LogP contribution in [0.25, 0.3) is 0 Å². The van der Waals surface area contributed by atoms with Gasteiger partial charge in [0, 0.05) is 7.05 Å². The molecule has 0 aliphatic carbocycles. The molecule has 0 saturated heterocycles. The minimum atomic E-state index is -3.31. The van der Waals surface area contributed by atoms with E-state index in [2.05, 4.69) is 11.4 Å². The Labute approximate surface area is 161 Å². The SMILES string of the molecule is Cc1ccc(C(C)NC(=O)COc2ccc(N(C)S(C)(=O)=O)cc2)c(C)c1. The van der Waals surface area contributed by atoms with E-state index in [0.29, 0.717) is 11.4 Å². The van der Waals surface area contributed by atoms with Gasteiger partial charge in [-0.2, -0.15) is 0 Å². The van der Waals surface area contributed by atoms with Crippen molar-refractivity contribution in [3.05, 3.63) is 59.2 Å². The third-order valence-electron chi connectivity index (χ3n) is 4.34. The second-order valence-electron chi connectivity index (χ2n) is 6.66. The predicted molar refractivity (Wildman–Crippen MR) is 108 cm³/mol. The molecule has 7 heteroatoms. The van der Waals surface area contributed by atoms with Crippen LogP contribution in [0.15, 0.2) is 42.5 Å². The van der Waals surface area contributed by atoms with Crippen LogP contribution in [0.1, 0.15) is 29.7 Å². The van der Waals surface area contributed by atoms with Crippen molar-refractivity contribution in [2.75, 3.05) is 24.2 Å². The Morgan fingerprint density at radius 1 is 1.15 bits per heavy atom. The molecule has 0 saturated carbocycles. The van der Waals surface area contributed by atoms with E-state index in [1.165, 1.54) is 16.9 Å². The molecule has 6 nitrogen and oxygen atoms in total. The maximum atomic E-state index is 12.2. The van der Waals surface area contributed by atoms with E-state index < -0.39 is 10.0 Å². The van der Waals surface area contributed by atoms with E-state index in [1.54, 1.807) is 24.3 Å². The Balaban J connectivity index is 1.91. The van der Waals surface area contributed by atoms with E-state index in [4.69, 9.17) is 4.74 Å². The summed E-state index contributed by atoms with van der Waals surface area (Å²) in [6, 6.07) is 12.6. The summed E-state index contributed by atoms with van der Waals surface area (Å²) < 4.78 is 29.7. The van der Waals surface area contributed by atoms with E-state index in [9.17, 15) is 13.2 Å². The van der Waals surface area contributed by atoms with Gasteiger partial charge in [-0.15, -0.1) is 0 Å². The smallest absolute Gasteiger partial charge is 0.258 e. The van der Waals surface area contributed by atoms with E-state index in [-0.39, 0.29) is 18.6 Å². The van der Waals surface area contributed by atoms with Crippen LogP contribution < -0.4 is 14.4 Å². The fourth-order valence-corrected chi connectivity index (χ4v) is 3.27. The minimum absolute atomic E-state index is 0.115. The fraction of sp³-hybridized carbons (Fsp3) is 0.350. The van der Waals surface area contributed by atoms with Crippen LogP contribution >= 0.6 is 0 Å². The molecule has 0 fully saturated rings. The fourth-order valence-electron chi connectivity index (χ4n) is 2.77. The average molecular weight is 391 g/mol. The third-order valence-corrected chi connectivity index (χ3v) is 5.54. The molecular formula is C20H26N2O4S. The number of nitrogens with zero attached hydrogens (tertiary/aromatic N) is 1. The standard InChI is InChI=1S/C20H26N2O4S/c1-14-6-11-19(15(2)12-14)16(3)21-20(23)13-26-18-9-7-17(8-10-18)22(4)27(5,24)25/h6-12,16H,13H2,1-5H3,(H,21,23). The van der Waals surface area contributed by atoms with Gasteiger partial charge in [-0.1, -0.05) is 23.8 Å². The van der Waals surface area contributed by atoms with Crippen LogP contribution in [0.3, 0.4) is 0 Å². The highest BCUT2D eigenvalue weighted by Crippen LogP contribution is 2.21. The van der Waals surface area contributed by atoms with Gasteiger partial charge in [-0.05, 0) is 56.2 Å². The first kappa shape index (κ1) is 20.8. The Bertz CT molecular complexity index is 908. The molecule has 0 radical (unpaired) electrons. The Hall–Kier alpha value is -2.54. The van der Waals surface area contributed by atoms with Crippen molar-refractivity contribution in [1.29, 1.82) is 0 Å². The molecule has 146 valence electrons. The van der Waals surface area contributed by atoms with Crippen molar-refractivity contribution in [1.82, 2.24) is 5.32 Å². The van der Waals surface area contributed by atoms with Crippen LogP contribution in [-0.4, -0.2) is 34.2 Å². The number of ether oxygens (including phenoxy) is 1. The number of anilines is 1. The summed E-state index contributed by atoms with van der Waals surface area (Å²) in [4.78, 5) is 12.2. The molecule has 2 rings (SSSR count). The number of aryl methyl sites for hydroxylation is 2. The molecule has 0 spiro atoms. The highest BCUT2D eigenvalue weighted by Gasteiger charge is 2.14. The summed E-state index contributed by atoms with van der Waals surface area (Å²) in [5, 5.41) is 2.92. The molecule has 1 atom stereocenters. The lowest BCUT2D eigenvalue weighted by Gasteiger charge is -2.18. The van der Waals surface area contributed by atoms with Crippen LogP contribution in [0.4, 0.5) is 5.69 Å². The van der Waals surface area contributed by atoms with Gasteiger partial charge in [-0.3, -0.25) is 9.10 Å². The zero-order valence-corrected chi connectivity index (χ0v) is 17.1. The van der Waals surface area contributed by atoms with Gasteiger partial charge in [0.2, 0.25) is 10.0 Å².